The van der Waals surface area contributed by atoms with Gasteiger partial charge in [0.2, 0.25) is 0 Å². The Morgan fingerprint density at radius 1 is 1.19 bits per heavy atom. The highest BCUT2D eigenvalue weighted by atomic mass is 32.2. The number of aromatic carboxylic acids is 1. The molecule has 1 saturated heterocycles. The lowest BCUT2D eigenvalue weighted by molar-refractivity contribution is 0.0691. The second-order valence-electron chi connectivity index (χ2n) is 4.50. The Morgan fingerprint density at radius 2 is 1.95 bits per heavy atom. The molecule has 2 amide bonds. The van der Waals surface area contributed by atoms with E-state index in [1.165, 1.54) is 4.90 Å². The molecular formula is C13H14F2N2O3S. The van der Waals surface area contributed by atoms with E-state index in [-0.39, 0.29) is 5.69 Å². The summed E-state index contributed by atoms with van der Waals surface area (Å²) in [6.07, 6.45) is 0.838. The molecule has 2 N–H and O–H groups in total. The number of carboxylic acids is 1. The first-order chi connectivity index (χ1) is 9.99. The lowest BCUT2D eigenvalue weighted by Crippen LogP contribution is -2.36. The predicted octanol–water partition coefficient (Wildman–Crippen LogP) is 2.63. The molecule has 0 spiro atoms. The van der Waals surface area contributed by atoms with E-state index in [2.05, 4.69) is 5.32 Å². The minimum absolute atomic E-state index is 0.337. The van der Waals surface area contributed by atoms with Crippen molar-refractivity contribution in [1.82, 2.24) is 4.90 Å². The second kappa shape index (κ2) is 6.75. The topological polar surface area (TPSA) is 69.6 Å². The molecule has 0 aromatic heterocycles. The SMILES string of the molecule is O=C(O)c1cc(NC(=O)N2CCCSCC2)c(F)cc1F. The van der Waals surface area contributed by atoms with Crippen LogP contribution in [0.15, 0.2) is 12.1 Å². The fraction of sp³-hybridized carbons (Fsp3) is 0.385. The second-order valence-corrected chi connectivity index (χ2v) is 5.72. The minimum Gasteiger partial charge on any atom is -0.478 e. The Labute approximate surface area is 124 Å². The quantitative estimate of drug-likeness (QED) is 0.880. The molecule has 0 radical (unpaired) electrons. The van der Waals surface area contributed by atoms with Gasteiger partial charge in [0.25, 0.3) is 0 Å². The number of carbonyl (C=O) groups is 2. The Morgan fingerprint density at radius 3 is 2.67 bits per heavy atom. The molecule has 1 aliphatic rings. The molecule has 2 rings (SSSR count). The Hall–Kier alpha value is -1.83. The summed E-state index contributed by atoms with van der Waals surface area (Å²) in [5.74, 6) is -1.95. The zero-order valence-electron chi connectivity index (χ0n) is 11.1. The van der Waals surface area contributed by atoms with Crippen LogP contribution in [-0.4, -0.2) is 46.6 Å². The third kappa shape index (κ3) is 3.84. The maximum absolute atomic E-state index is 13.6. The molecule has 0 aliphatic carbocycles. The van der Waals surface area contributed by atoms with Crippen molar-refractivity contribution in [2.24, 2.45) is 0 Å². The van der Waals surface area contributed by atoms with Gasteiger partial charge in [0.1, 0.15) is 11.6 Å². The highest BCUT2D eigenvalue weighted by Crippen LogP contribution is 2.20. The van der Waals surface area contributed by atoms with Crippen molar-refractivity contribution in [3.8, 4) is 0 Å². The summed E-state index contributed by atoms with van der Waals surface area (Å²) in [7, 11) is 0. The van der Waals surface area contributed by atoms with E-state index >= 15 is 0 Å². The number of anilines is 1. The lowest BCUT2D eigenvalue weighted by atomic mass is 10.2. The number of rotatable bonds is 2. The summed E-state index contributed by atoms with van der Waals surface area (Å²) in [6, 6.07) is 0.730. The van der Waals surface area contributed by atoms with Crippen molar-refractivity contribution in [3.05, 3.63) is 29.3 Å². The van der Waals surface area contributed by atoms with Gasteiger partial charge < -0.3 is 15.3 Å². The van der Waals surface area contributed by atoms with Crippen LogP contribution < -0.4 is 5.32 Å². The number of amides is 2. The number of thioether (sulfide) groups is 1. The van der Waals surface area contributed by atoms with E-state index in [4.69, 9.17) is 5.11 Å². The van der Waals surface area contributed by atoms with Gasteiger partial charge in [-0.2, -0.15) is 11.8 Å². The largest absolute Gasteiger partial charge is 0.478 e. The predicted molar refractivity (Wildman–Crippen MR) is 75.9 cm³/mol. The molecule has 1 aliphatic heterocycles. The van der Waals surface area contributed by atoms with Crippen LogP contribution in [0.3, 0.4) is 0 Å². The number of benzene rings is 1. The number of nitrogens with zero attached hydrogens (tertiary/aromatic N) is 1. The molecular weight excluding hydrogens is 302 g/mol. The van der Waals surface area contributed by atoms with Crippen LogP contribution in [0, 0.1) is 11.6 Å². The summed E-state index contributed by atoms with van der Waals surface area (Å²) in [6.45, 7) is 1.08. The monoisotopic (exact) mass is 316 g/mol. The summed E-state index contributed by atoms with van der Waals surface area (Å²) < 4.78 is 26.9. The van der Waals surface area contributed by atoms with Crippen molar-refractivity contribution < 1.29 is 23.5 Å². The van der Waals surface area contributed by atoms with Gasteiger partial charge in [-0.25, -0.2) is 18.4 Å². The average Bonchev–Trinajstić information content (AvgIpc) is 2.70. The highest BCUT2D eigenvalue weighted by molar-refractivity contribution is 7.99. The molecule has 5 nitrogen and oxygen atoms in total. The maximum atomic E-state index is 13.6. The van der Waals surface area contributed by atoms with Gasteiger partial charge in [-0.1, -0.05) is 0 Å². The first-order valence-electron chi connectivity index (χ1n) is 6.35. The summed E-state index contributed by atoms with van der Waals surface area (Å²) in [5.41, 5.74) is -1.02. The average molecular weight is 316 g/mol. The number of halogens is 2. The third-order valence-corrected chi connectivity index (χ3v) is 4.09. The van der Waals surface area contributed by atoms with Crippen LogP contribution in [0.5, 0.6) is 0 Å². The van der Waals surface area contributed by atoms with Gasteiger partial charge in [-0.3, -0.25) is 0 Å². The Kier molecular flexibility index (Phi) is 5.00. The van der Waals surface area contributed by atoms with E-state index in [0.29, 0.717) is 19.2 Å². The molecule has 21 heavy (non-hydrogen) atoms. The summed E-state index contributed by atoms with van der Waals surface area (Å²) in [5, 5.41) is 11.1. The number of carbonyl (C=O) groups excluding carboxylic acids is 1. The zero-order valence-corrected chi connectivity index (χ0v) is 11.9. The van der Waals surface area contributed by atoms with E-state index in [1.807, 2.05) is 0 Å². The van der Waals surface area contributed by atoms with Crippen molar-refractivity contribution in [2.45, 2.75) is 6.42 Å². The first kappa shape index (κ1) is 15.6. The molecule has 1 heterocycles. The molecule has 0 unspecified atom stereocenters. The van der Waals surface area contributed by atoms with Crippen LogP contribution in [0.4, 0.5) is 19.3 Å². The molecule has 0 saturated carbocycles. The van der Waals surface area contributed by atoms with Crippen LogP contribution in [0.1, 0.15) is 16.8 Å². The Balaban J connectivity index is 2.16. The van der Waals surface area contributed by atoms with Crippen molar-refractivity contribution in [1.29, 1.82) is 0 Å². The minimum atomic E-state index is -1.52. The van der Waals surface area contributed by atoms with Gasteiger partial charge in [-0.05, 0) is 18.2 Å². The number of hydrogen-bond donors (Lipinski definition) is 2. The van der Waals surface area contributed by atoms with E-state index in [9.17, 15) is 18.4 Å². The maximum Gasteiger partial charge on any atom is 0.338 e. The van der Waals surface area contributed by atoms with E-state index in [1.54, 1.807) is 11.8 Å². The van der Waals surface area contributed by atoms with Crippen LogP contribution in [0.25, 0.3) is 0 Å². The van der Waals surface area contributed by atoms with Gasteiger partial charge >= 0.3 is 12.0 Å². The van der Waals surface area contributed by atoms with Gasteiger partial charge in [-0.15, -0.1) is 0 Å². The Bertz CT molecular complexity index is 561. The summed E-state index contributed by atoms with van der Waals surface area (Å²) in [4.78, 5) is 24.4. The molecule has 1 aromatic rings. The fourth-order valence-corrected chi connectivity index (χ4v) is 2.84. The van der Waals surface area contributed by atoms with Crippen LogP contribution >= 0.6 is 11.8 Å². The highest BCUT2D eigenvalue weighted by Gasteiger charge is 2.20. The molecule has 1 fully saturated rings. The number of urea groups is 1. The lowest BCUT2D eigenvalue weighted by Gasteiger charge is -2.20. The van der Waals surface area contributed by atoms with Gasteiger partial charge in [0, 0.05) is 24.9 Å². The van der Waals surface area contributed by atoms with Crippen LogP contribution in [0.2, 0.25) is 0 Å². The van der Waals surface area contributed by atoms with Crippen molar-refractivity contribution >= 4 is 29.4 Å². The number of nitrogens with one attached hydrogen (secondary N) is 1. The van der Waals surface area contributed by atoms with Gasteiger partial charge in [0.15, 0.2) is 0 Å². The normalized spacial score (nSPS) is 15.4. The molecule has 114 valence electrons. The van der Waals surface area contributed by atoms with Crippen molar-refractivity contribution in [3.63, 3.8) is 0 Å². The standard InChI is InChI=1S/C13H14F2N2O3S/c14-9-7-10(15)11(6-8(9)12(18)19)16-13(20)17-2-1-4-21-5-3-17/h6-7H,1-5H2,(H,16,20)(H,18,19). The van der Waals surface area contributed by atoms with E-state index in [0.717, 1.165) is 24.0 Å². The first-order valence-corrected chi connectivity index (χ1v) is 7.50. The summed E-state index contributed by atoms with van der Waals surface area (Å²) >= 11 is 1.73. The van der Waals surface area contributed by atoms with Gasteiger partial charge in [0.05, 0.1) is 11.3 Å². The molecule has 1 aromatic carbocycles. The number of carboxylic acid groups (broad SMARTS) is 1. The molecule has 8 heteroatoms. The zero-order chi connectivity index (χ0) is 15.4. The van der Waals surface area contributed by atoms with Crippen molar-refractivity contribution in [2.75, 3.05) is 29.9 Å². The fourth-order valence-electron chi connectivity index (χ4n) is 1.95. The van der Waals surface area contributed by atoms with Crippen LogP contribution in [-0.2, 0) is 0 Å². The number of hydrogen-bond acceptors (Lipinski definition) is 3. The molecule has 0 atom stereocenters. The smallest absolute Gasteiger partial charge is 0.338 e. The third-order valence-electron chi connectivity index (χ3n) is 3.04. The van der Waals surface area contributed by atoms with E-state index < -0.39 is 29.2 Å². The molecule has 0 bridgehead atoms.